The molecule has 1 amide bonds. The van der Waals surface area contributed by atoms with Crippen LogP contribution in [0.4, 0.5) is 11.4 Å². The van der Waals surface area contributed by atoms with E-state index in [2.05, 4.69) is 26.6 Å². The number of nitrogens with one attached hydrogen (secondary N) is 2. The molecule has 1 aromatic carbocycles. The van der Waals surface area contributed by atoms with Crippen LogP contribution in [0.25, 0.3) is 0 Å². The minimum Gasteiger partial charge on any atom is -0.397 e. The molecule has 1 spiro atoms. The molecule has 2 fully saturated rings. The molecule has 2 aliphatic rings. The van der Waals surface area contributed by atoms with Crippen molar-refractivity contribution in [3.63, 3.8) is 0 Å². The van der Waals surface area contributed by atoms with Gasteiger partial charge in [-0.05, 0) is 42.9 Å². The molecule has 1 atom stereocenters. The normalized spacial score (nSPS) is 24.2. The predicted octanol–water partition coefficient (Wildman–Crippen LogP) is 2.11. The number of rotatable bonds is 2. The van der Waals surface area contributed by atoms with Crippen LogP contribution < -0.4 is 16.4 Å². The Kier molecular flexibility index (Phi) is 2.83. The third kappa shape index (κ3) is 2.24. The summed E-state index contributed by atoms with van der Waals surface area (Å²) in [6.07, 6.45) is 3.46. The van der Waals surface area contributed by atoms with E-state index in [9.17, 15) is 4.79 Å². The average molecular weight is 310 g/mol. The predicted molar refractivity (Wildman–Crippen MR) is 75.3 cm³/mol. The fourth-order valence-electron chi connectivity index (χ4n) is 2.53. The first kappa shape index (κ1) is 12.0. The van der Waals surface area contributed by atoms with E-state index in [0.717, 1.165) is 17.4 Å². The van der Waals surface area contributed by atoms with Gasteiger partial charge in [0.15, 0.2) is 0 Å². The first-order valence-corrected chi connectivity index (χ1v) is 6.97. The molecule has 1 heterocycles. The van der Waals surface area contributed by atoms with Gasteiger partial charge in [0.25, 0.3) is 0 Å². The molecular weight excluding hydrogens is 294 g/mol. The summed E-state index contributed by atoms with van der Waals surface area (Å²) in [5, 5.41) is 6.20. The highest BCUT2D eigenvalue weighted by Crippen LogP contribution is 2.51. The monoisotopic (exact) mass is 309 g/mol. The first-order chi connectivity index (χ1) is 8.58. The molecule has 1 aliphatic carbocycles. The van der Waals surface area contributed by atoms with Gasteiger partial charge in [0.05, 0.1) is 17.4 Å². The lowest BCUT2D eigenvalue weighted by Crippen LogP contribution is -2.35. The molecule has 4 N–H and O–H groups in total. The Morgan fingerprint density at radius 1 is 1.50 bits per heavy atom. The molecule has 1 aromatic rings. The van der Waals surface area contributed by atoms with Gasteiger partial charge in [-0.15, -0.1) is 0 Å². The van der Waals surface area contributed by atoms with Crippen LogP contribution in [-0.4, -0.2) is 18.5 Å². The highest BCUT2D eigenvalue weighted by Gasteiger charge is 2.49. The van der Waals surface area contributed by atoms with Gasteiger partial charge in [-0.3, -0.25) is 4.79 Å². The second kappa shape index (κ2) is 4.24. The summed E-state index contributed by atoms with van der Waals surface area (Å²) in [5.41, 5.74) is 7.56. The quantitative estimate of drug-likeness (QED) is 0.733. The zero-order chi connectivity index (χ0) is 12.8. The smallest absolute Gasteiger partial charge is 0.241 e. The summed E-state index contributed by atoms with van der Waals surface area (Å²) in [4.78, 5) is 12.1. The number of hydrogen-bond donors (Lipinski definition) is 3. The molecule has 1 saturated heterocycles. The number of carbonyl (C=O) groups excluding carboxylic acids is 1. The molecule has 0 bridgehead atoms. The van der Waals surface area contributed by atoms with Crippen LogP contribution >= 0.6 is 15.9 Å². The highest BCUT2D eigenvalue weighted by atomic mass is 79.9. The Hall–Kier alpha value is -1.07. The minimum absolute atomic E-state index is 0.0211. The van der Waals surface area contributed by atoms with Crippen LogP contribution in [0.15, 0.2) is 22.7 Å². The topological polar surface area (TPSA) is 67.1 Å². The van der Waals surface area contributed by atoms with Crippen molar-refractivity contribution < 1.29 is 4.79 Å². The van der Waals surface area contributed by atoms with Crippen LogP contribution in [0, 0.1) is 5.41 Å². The van der Waals surface area contributed by atoms with E-state index in [1.807, 2.05) is 12.1 Å². The van der Waals surface area contributed by atoms with Crippen molar-refractivity contribution in [2.24, 2.45) is 5.41 Å². The molecular formula is C13H16BrN3O. The van der Waals surface area contributed by atoms with E-state index >= 15 is 0 Å². The largest absolute Gasteiger partial charge is 0.397 e. The lowest BCUT2D eigenvalue weighted by Gasteiger charge is -2.13. The fraction of sp³-hybridized carbons (Fsp3) is 0.462. The molecule has 1 aliphatic heterocycles. The summed E-state index contributed by atoms with van der Waals surface area (Å²) >= 11 is 3.35. The highest BCUT2D eigenvalue weighted by molar-refractivity contribution is 9.10. The summed E-state index contributed by atoms with van der Waals surface area (Å²) in [7, 11) is 0. The average Bonchev–Trinajstić information content (AvgIpc) is 2.93. The van der Waals surface area contributed by atoms with Gasteiger partial charge < -0.3 is 16.4 Å². The van der Waals surface area contributed by atoms with Crippen LogP contribution in [-0.2, 0) is 4.79 Å². The number of nitrogen functional groups attached to an aromatic ring is 1. The van der Waals surface area contributed by atoms with Crippen LogP contribution in [0.3, 0.4) is 0 Å². The van der Waals surface area contributed by atoms with Gasteiger partial charge in [0.1, 0.15) is 0 Å². The Bertz CT molecular complexity index is 499. The van der Waals surface area contributed by atoms with E-state index in [-0.39, 0.29) is 11.9 Å². The Morgan fingerprint density at radius 3 is 2.89 bits per heavy atom. The standard InChI is InChI=1S/C13H16BrN3O/c14-8-1-2-10(9(15)5-8)17-12(18)11-6-13(3-4-13)7-16-11/h1-2,5,11,16H,3-4,6-7,15H2,(H,17,18). The van der Waals surface area contributed by atoms with E-state index < -0.39 is 0 Å². The van der Waals surface area contributed by atoms with Crippen LogP contribution in [0.1, 0.15) is 19.3 Å². The Labute approximate surface area is 114 Å². The summed E-state index contributed by atoms with van der Waals surface area (Å²) < 4.78 is 0.911. The Morgan fingerprint density at radius 2 is 2.28 bits per heavy atom. The first-order valence-electron chi connectivity index (χ1n) is 6.17. The van der Waals surface area contributed by atoms with Gasteiger partial charge in [0.2, 0.25) is 5.91 Å². The number of halogens is 1. The number of benzene rings is 1. The van der Waals surface area contributed by atoms with Crippen molar-refractivity contribution in [3.8, 4) is 0 Å². The fourth-order valence-corrected chi connectivity index (χ4v) is 2.91. The van der Waals surface area contributed by atoms with Gasteiger partial charge in [-0.1, -0.05) is 15.9 Å². The molecule has 5 heteroatoms. The molecule has 18 heavy (non-hydrogen) atoms. The van der Waals surface area contributed by atoms with Gasteiger partial charge in [-0.2, -0.15) is 0 Å². The second-order valence-electron chi connectivity index (χ2n) is 5.36. The molecule has 4 nitrogen and oxygen atoms in total. The van der Waals surface area contributed by atoms with Crippen LogP contribution in [0.2, 0.25) is 0 Å². The van der Waals surface area contributed by atoms with Crippen molar-refractivity contribution in [2.45, 2.75) is 25.3 Å². The molecule has 0 aromatic heterocycles. The maximum atomic E-state index is 12.1. The molecule has 3 rings (SSSR count). The molecule has 1 saturated carbocycles. The number of carbonyl (C=O) groups is 1. The lowest BCUT2D eigenvalue weighted by molar-refractivity contribution is -0.117. The third-order valence-corrected chi connectivity index (χ3v) is 4.40. The van der Waals surface area contributed by atoms with Crippen molar-refractivity contribution in [1.29, 1.82) is 0 Å². The summed E-state index contributed by atoms with van der Waals surface area (Å²) in [6.45, 7) is 0.973. The Balaban J connectivity index is 1.67. The third-order valence-electron chi connectivity index (χ3n) is 3.91. The van der Waals surface area contributed by atoms with Gasteiger partial charge in [-0.25, -0.2) is 0 Å². The van der Waals surface area contributed by atoms with Gasteiger partial charge >= 0.3 is 0 Å². The number of anilines is 2. The van der Waals surface area contributed by atoms with Crippen molar-refractivity contribution in [2.75, 3.05) is 17.6 Å². The maximum Gasteiger partial charge on any atom is 0.241 e. The minimum atomic E-state index is -0.0736. The zero-order valence-electron chi connectivity index (χ0n) is 10.0. The molecule has 0 radical (unpaired) electrons. The van der Waals surface area contributed by atoms with E-state index in [1.54, 1.807) is 6.07 Å². The van der Waals surface area contributed by atoms with Gasteiger partial charge in [0, 0.05) is 11.0 Å². The van der Waals surface area contributed by atoms with E-state index in [0.29, 0.717) is 16.8 Å². The summed E-state index contributed by atoms with van der Waals surface area (Å²) in [5.74, 6) is 0.0211. The van der Waals surface area contributed by atoms with Crippen molar-refractivity contribution in [3.05, 3.63) is 22.7 Å². The SMILES string of the molecule is Nc1cc(Br)ccc1NC(=O)C1CC2(CC2)CN1. The lowest BCUT2D eigenvalue weighted by atomic mass is 10.0. The number of nitrogens with two attached hydrogens (primary N) is 1. The summed E-state index contributed by atoms with van der Waals surface area (Å²) in [6, 6.07) is 5.41. The van der Waals surface area contributed by atoms with Crippen LogP contribution in [0.5, 0.6) is 0 Å². The van der Waals surface area contributed by atoms with Crippen molar-refractivity contribution in [1.82, 2.24) is 5.32 Å². The molecule has 96 valence electrons. The van der Waals surface area contributed by atoms with Crippen molar-refractivity contribution >= 4 is 33.2 Å². The number of hydrogen-bond acceptors (Lipinski definition) is 3. The maximum absolute atomic E-state index is 12.1. The zero-order valence-corrected chi connectivity index (χ0v) is 11.6. The molecule has 1 unspecified atom stereocenters. The number of amides is 1. The van der Waals surface area contributed by atoms with E-state index in [1.165, 1.54) is 12.8 Å². The second-order valence-corrected chi connectivity index (χ2v) is 6.27. The van der Waals surface area contributed by atoms with E-state index in [4.69, 9.17) is 5.73 Å².